The average Bonchev–Trinajstić information content (AvgIpc) is 3.12. The summed E-state index contributed by atoms with van der Waals surface area (Å²) < 4.78 is 32.1. The van der Waals surface area contributed by atoms with Gasteiger partial charge >= 0.3 is 0 Å². The molecule has 2 aliphatic rings. The Morgan fingerprint density at radius 1 is 1.28 bits per heavy atom. The van der Waals surface area contributed by atoms with Crippen LogP contribution in [0.3, 0.4) is 0 Å². The maximum atomic E-state index is 12.6. The molecule has 138 valence electrons. The lowest BCUT2D eigenvalue weighted by Gasteiger charge is -2.29. The van der Waals surface area contributed by atoms with Crippen LogP contribution >= 0.6 is 0 Å². The largest absolute Gasteiger partial charge is 0.506 e. The van der Waals surface area contributed by atoms with E-state index in [1.807, 2.05) is 11.9 Å². The minimum absolute atomic E-state index is 0.0594. The fourth-order valence-corrected chi connectivity index (χ4v) is 4.55. The first-order valence-corrected chi connectivity index (χ1v) is 9.76. The lowest BCUT2D eigenvalue weighted by Crippen LogP contribution is -2.46. The number of nitrogens with zero attached hydrogens (tertiary/aromatic N) is 2. The molecule has 0 aliphatic carbocycles. The van der Waals surface area contributed by atoms with Gasteiger partial charge in [-0.25, -0.2) is 8.42 Å². The second-order valence-electron chi connectivity index (χ2n) is 6.40. The van der Waals surface area contributed by atoms with Gasteiger partial charge in [-0.3, -0.25) is 4.79 Å². The van der Waals surface area contributed by atoms with E-state index in [1.54, 1.807) is 0 Å². The molecule has 1 amide bonds. The van der Waals surface area contributed by atoms with E-state index >= 15 is 0 Å². The number of carbonyl (C=O) groups is 1. The maximum Gasteiger partial charge on any atom is 0.254 e. The van der Waals surface area contributed by atoms with Crippen molar-refractivity contribution in [2.45, 2.75) is 23.8 Å². The SMILES string of the molecule is CN1CCO[C@@H](C(=O)Nc2cc(S(=O)(=O)N3CCCC3)ccc2O)C1. The molecule has 0 aromatic heterocycles. The van der Waals surface area contributed by atoms with Gasteiger partial charge in [-0.15, -0.1) is 0 Å². The lowest BCUT2D eigenvalue weighted by molar-refractivity contribution is -0.132. The molecule has 0 bridgehead atoms. The number of sulfonamides is 1. The Kier molecular flexibility index (Phi) is 5.28. The number of likely N-dealkylation sites (N-methyl/N-ethyl adjacent to an activating group) is 1. The van der Waals surface area contributed by atoms with E-state index < -0.39 is 22.0 Å². The van der Waals surface area contributed by atoms with Crippen molar-refractivity contribution in [3.63, 3.8) is 0 Å². The molecule has 3 rings (SSSR count). The molecule has 1 aromatic rings. The summed E-state index contributed by atoms with van der Waals surface area (Å²) in [5, 5.41) is 12.6. The van der Waals surface area contributed by atoms with Crippen LogP contribution in [0.15, 0.2) is 23.1 Å². The Labute approximate surface area is 147 Å². The van der Waals surface area contributed by atoms with Gasteiger partial charge in [-0.1, -0.05) is 0 Å². The predicted octanol–water partition coefficient (Wildman–Crippen LogP) is 0.446. The third-order valence-electron chi connectivity index (χ3n) is 4.49. The zero-order valence-electron chi connectivity index (χ0n) is 14.1. The third kappa shape index (κ3) is 3.95. The van der Waals surface area contributed by atoms with Crippen molar-refractivity contribution in [3.05, 3.63) is 18.2 Å². The number of phenolic OH excluding ortho intramolecular Hbond substituents is 1. The fourth-order valence-electron chi connectivity index (χ4n) is 3.00. The molecular weight excluding hydrogens is 346 g/mol. The fraction of sp³-hybridized carbons (Fsp3) is 0.562. The minimum atomic E-state index is -3.62. The van der Waals surface area contributed by atoms with Crippen molar-refractivity contribution >= 4 is 21.6 Å². The number of phenols is 1. The predicted molar refractivity (Wildman–Crippen MR) is 92.0 cm³/mol. The van der Waals surface area contributed by atoms with Crippen molar-refractivity contribution in [1.82, 2.24) is 9.21 Å². The highest BCUT2D eigenvalue weighted by Gasteiger charge is 2.29. The minimum Gasteiger partial charge on any atom is -0.506 e. The van der Waals surface area contributed by atoms with Gasteiger partial charge in [0.05, 0.1) is 17.2 Å². The van der Waals surface area contributed by atoms with Crippen LogP contribution in [-0.2, 0) is 19.6 Å². The number of morpholine rings is 1. The zero-order chi connectivity index (χ0) is 18.0. The van der Waals surface area contributed by atoms with Gasteiger partial charge in [0, 0.05) is 26.2 Å². The number of carbonyl (C=O) groups excluding carboxylic acids is 1. The Morgan fingerprint density at radius 3 is 2.68 bits per heavy atom. The summed E-state index contributed by atoms with van der Waals surface area (Å²) in [4.78, 5) is 14.4. The van der Waals surface area contributed by atoms with E-state index in [2.05, 4.69) is 5.32 Å². The highest BCUT2D eigenvalue weighted by molar-refractivity contribution is 7.89. The van der Waals surface area contributed by atoms with Crippen molar-refractivity contribution in [2.75, 3.05) is 45.2 Å². The normalized spacial score (nSPS) is 22.8. The Bertz CT molecular complexity index is 746. The second kappa shape index (κ2) is 7.28. The first-order chi connectivity index (χ1) is 11.9. The number of nitrogens with one attached hydrogen (secondary N) is 1. The molecule has 2 saturated heterocycles. The van der Waals surface area contributed by atoms with Crippen LogP contribution in [0.4, 0.5) is 5.69 Å². The lowest BCUT2D eigenvalue weighted by atomic mass is 10.2. The number of benzene rings is 1. The summed E-state index contributed by atoms with van der Waals surface area (Å²) in [5.74, 6) is -0.588. The summed E-state index contributed by atoms with van der Waals surface area (Å²) in [5.41, 5.74) is 0.0714. The highest BCUT2D eigenvalue weighted by Crippen LogP contribution is 2.29. The monoisotopic (exact) mass is 369 g/mol. The Morgan fingerprint density at radius 2 is 2.00 bits per heavy atom. The smallest absolute Gasteiger partial charge is 0.254 e. The van der Waals surface area contributed by atoms with E-state index in [-0.39, 0.29) is 16.3 Å². The van der Waals surface area contributed by atoms with E-state index in [0.717, 1.165) is 19.4 Å². The average molecular weight is 369 g/mol. The van der Waals surface area contributed by atoms with Crippen molar-refractivity contribution in [2.24, 2.45) is 0 Å². The van der Waals surface area contributed by atoms with Crippen LogP contribution < -0.4 is 5.32 Å². The quantitative estimate of drug-likeness (QED) is 0.748. The summed E-state index contributed by atoms with van der Waals surface area (Å²) in [7, 11) is -1.72. The molecule has 0 saturated carbocycles. The Hall–Kier alpha value is -1.68. The number of hydrogen-bond donors (Lipinski definition) is 2. The molecule has 2 N–H and O–H groups in total. The molecule has 25 heavy (non-hydrogen) atoms. The number of aromatic hydroxyl groups is 1. The van der Waals surface area contributed by atoms with E-state index in [4.69, 9.17) is 4.74 Å². The second-order valence-corrected chi connectivity index (χ2v) is 8.34. The van der Waals surface area contributed by atoms with Gasteiger partial charge in [-0.2, -0.15) is 4.31 Å². The number of amides is 1. The summed E-state index contributed by atoms with van der Waals surface area (Å²) >= 11 is 0. The molecule has 0 spiro atoms. The van der Waals surface area contributed by atoms with Gasteiger partial charge < -0.3 is 20.1 Å². The van der Waals surface area contributed by atoms with Crippen molar-refractivity contribution < 1.29 is 23.1 Å². The van der Waals surface area contributed by atoms with Crippen molar-refractivity contribution in [1.29, 1.82) is 0 Å². The molecule has 0 unspecified atom stereocenters. The van der Waals surface area contributed by atoms with Gasteiger partial charge in [-0.05, 0) is 38.1 Å². The standard InChI is InChI=1S/C16H23N3O5S/c1-18-8-9-24-15(11-18)16(21)17-13-10-12(4-5-14(13)20)25(22,23)19-6-2-3-7-19/h4-5,10,15,20H,2-3,6-9,11H2,1H3,(H,17,21)/t15-/m1/s1. The molecule has 2 aliphatic heterocycles. The first-order valence-electron chi connectivity index (χ1n) is 8.32. The van der Waals surface area contributed by atoms with Gasteiger partial charge in [0.15, 0.2) is 0 Å². The third-order valence-corrected chi connectivity index (χ3v) is 6.39. The van der Waals surface area contributed by atoms with Crippen LogP contribution in [0.1, 0.15) is 12.8 Å². The molecule has 2 fully saturated rings. The van der Waals surface area contributed by atoms with Crippen LogP contribution in [0.2, 0.25) is 0 Å². The van der Waals surface area contributed by atoms with E-state index in [0.29, 0.717) is 26.2 Å². The zero-order valence-corrected chi connectivity index (χ0v) is 15.0. The number of anilines is 1. The molecule has 0 radical (unpaired) electrons. The maximum absolute atomic E-state index is 12.6. The number of rotatable bonds is 4. The van der Waals surface area contributed by atoms with Gasteiger partial charge in [0.1, 0.15) is 11.9 Å². The van der Waals surface area contributed by atoms with Crippen LogP contribution in [-0.4, -0.2) is 74.6 Å². The molecule has 2 heterocycles. The van der Waals surface area contributed by atoms with Crippen LogP contribution in [0.5, 0.6) is 5.75 Å². The highest BCUT2D eigenvalue weighted by atomic mass is 32.2. The molecule has 1 atom stereocenters. The summed E-state index contributed by atoms with van der Waals surface area (Å²) in [6, 6.07) is 3.93. The topological polar surface area (TPSA) is 99.2 Å². The molecular formula is C16H23N3O5S. The van der Waals surface area contributed by atoms with Crippen molar-refractivity contribution in [3.8, 4) is 5.75 Å². The first kappa shape index (κ1) is 18.1. The van der Waals surface area contributed by atoms with Crippen LogP contribution in [0, 0.1) is 0 Å². The molecule has 1 aromatic carbocycles. The van der Waals surface area contributed by atoms with Gasteiger partial charge in [0.2, 0.25) is 10.0 Å². The summed E-state index contributed by atoms with van der Waals surface area (Å²) in [6.07, 6.45) is 1.03. The Balaban J connectivity index is 1.78. The molecule has 9 heteroatoms. The van der Waals surface area contributed by atoms with Crippen LogP contribution in [0.25, 0.3) is 0 Å². The number of hydrogen-bond acceptors (Lipinski definition) is 6. The summed E-state index contributed by atoms with van der Waals surface area (Å²) in [6.45, 7) is 2.63. The number of ether oxygens (including phenoxy) is 1. The molecule has 8 nitrogen and oxygen atoms in total. The van der Waals surface area contributed by atoms with Gasteiger partial charge in [0.25, 0.3) is 5.91 Å². The van der Waals surface area contributed by atoms with E-state index in [1.165, 1.54) is 22.5 Å². The van der Waals surface area contributed by atoms with E-state index in [9.17, 15) is 18.3 Å².